The number of rotatable bonds is 4. The lowest BCUT2D eigenvalue weighted by molar-refractivity contribution is 0.581. The molecule has 0 aliphatic rings. The third-order valence-electron chi connectivity index (χ3n) is 2.40. The zero-order valence-corrected chi connectivity index (χ0v) is 10.2. The molecule has 0 saturated carbocycles. The molecule has 0 aliphatic heterocycles. The van der Waals surface area contributed by atoms with Gasteiger partial charge in [-0.3, -0.25) is 0 Å². The van der Waals surface area contributed by atoms with Crippen LogP contribution in [0, 0.1) is 11.3 Å². The van der Waals surface area contributed by atoms with Gasteiger partial charge in [-0.25, -0.2) is 13.1 Å². The molecule has 1 aromatic carbocycles. The highest BCUT2D eigenvalue weighted by Crippen LogP contribution is 2.11. The zero-order chi connectivity index (χ0) is 13.0. The highest BCUT2D eigenvalue weighted by Gasteiger charge is 2.13. The van der Waals surface area contributed by atoms with Crippen molar-refractivity contribution in [3.63, 3.8) is 0 Å². The van der Waals surface area contributed by atoms with E-state index in [4.69, 9.17) is 5.26 Å². The van der Waals surface area contributed by atoms with E-state index in [1.54, 1.807) is 30.6 Å². The van der Waals surface area contributed by atoms with Crippen LogP contribution in [0.15, 0.2) is 47.6 Å². The molecular formula is C12H11N3O2S. The molecule has 0 atom stereocenters. The quantitative estimate of drug-likeness (QED) is 0.871. The first-order valence-electron chi connectivity index (χ1n) is 5.23. The second kappa shape index (κ2) is 5.04. The molecule has 1 heterocycles. The van der Waals surface area contributed by atoms with E-state index in [0.717, 1.165) is 5.56 Å². The molecule has 18 heavy (non-hydrogen) atoms. The average molecular weight is 261 g/mol. The molecule has 2 rings (SSSR count). The second-order valence-electron chi connectivity index (χ2n) is 3.68. The maximum absolute atomic E-state index is 12.0. The van der Waals surface area contributed by atoms with E-state index in [-0.39, 0.29) is 11.4 Å². The number of H-pyrrole nitrogens is 1. The van der Waals surface area contributed by atoms with Crippen molar-refractivity contribution in [2.75, 3.05) is 0 Å². The molecule has 2 aromatic rings. The van der Waals surface area contributed by atoms with E-state index in [9.17, 15) is 8.42 Å². The number of hydrogen-bond acceptors (Lipinski definition) is 3. The summed E-state index contributed by atoms with van der Waals surface area (Å²) >= 11 is 0. The van der Waals surface area contributed by atoms with Crippen molar-refractivity contribution in [3.8, 4) is 6.07 Å². The first-order valence-corrected chi connectivity index (χ1v) is 6.71. The number of sulfonamides is 1. The summed E-state index contributed by atoms with van der Waals surface area (Å²) in [5, 5.41) is 8.74. The Morgan fingerprint density at radius 1 is 1.33 bits per heavy atom. The average Bonchev–Trinajstić information content (AvgIpc) is 2.90. The van der Waals surface area contributed by atoms with Gasteiger partial charge in [0.05, 0.1) is 16.5 Å². The summed E-state index contributed by atoms with van der Waals surface area (Å²) in [4.78, 5) is 2.94. The van der Waals surface area contributed by atoms with Crippen LogP contribution in [-0.4, -0.2) is 13.4 Å². The Kier molecular flexibility index (Phi) is 3.46. The van der Waals surface area contributed by atoms with Gasteiger partial charge in [-0.05, 0) is 29.8 Å². The van der Waals surface area contributed by atoms with Crippen molar-refractivity contribution in [1.29, 1.82) is 5.26 Å². The topological polar surface area (TPSA) is 85.8 Å². The molecule has 5 nitrogen and oxygen atoms in total. The summed E-state index contributed by atoms with van der Waals surface area (Å²) in [6, 6.07) is 9.61. The number of nitrogens with zero attached hydrogens (tertiary/aromatic N) is 1. The fraction of sp³-hybridized carbons (Fsp3) is 0.0833. The van der Waals surface area contributed by atoms with Gasteiger partial charge in [0, 0.05) is 18.9 Å². The van der Waals surface area contributed by atoms with Crippen molar-refractivity contribution >= 4 is 10.0 Å². The first-order chi connectivity index (χ1) is 8.62. The van der Waals surface area contributed by atoms with Crippen LogP contribution in [0.25, 0.3) is 0 Å². The molecule has 0 saturated heterocycles. The Balaban J connectivity index is 2.18. The predicted octanol–water partition coefficient (Wildman–Crippen LogP) is 1.36. The molecule has 0 aliphatic carbocycles. The van der Waals surface area contributed by atoms with Crippen molar-refractivity contribution in [2.45, 2.75) is 11.4 Å². The first kappa shape index (κ1) is 12.4. The molecule has 6 heteroatoms. The molecule has 0 fully saturated rings. The zero-order valence-electron chi connectivity index (χ0n) is 9.42. The maximum atomic E-state index is 12.0. The summed E-state index contributed by atoms with van der Waals surface area (Å²) < 4.78 is 26.4. The van der Waals surface area contributed by atoms with Crippen LogP contribution >= 0.6 is 0 Å². The minimum atomic E-state index is -3.58. The summed E-state index contributed by atoms with van der Waals surface area (Å²) in [6.07, 6.45) is 3.44. The van der Waals surface area contributed by atoms with Crippen molar-refractivity contribution in [3.05, 3.63) is 53.9 Å². The number of benzene rings is 1. The molecule has 92 valence electrons. The largest absolute Gasteiger partial charge is 0.367 e. The van der Waals surface area contributed by atoms with E-state index in [1.165, 1.54) is 12.1 Å². The minimum Gasteiger partial charge on any atom is -0.367 e. The maximum Gasteiger partial charge on any atom is 0.240 e. The van der Waals surface area contributed by atoms with Gasteiger partial charge in [0.2, 0.25) is 10.0 Å². The summed E-state index contributed by atoms with van der Waals surface area (Å²) in [6.45, 7) is 0.211. The lowest BCUT2D eigenvalue weighted by Crippen LogP contribution is -2.23. The van der Waals surface area contributed by atoms with Gasteiger partial charge in [0.15, 0.2) is 0 Å². The molecule has 2 N–H and O–H groups in total. The monoisotopic (exact) mass is 261 g/mol. The van der Waals surface area contributed by atoms with Crippen LogP contribution in [0.5, 0.6) is 0 Å². The smallest absolute Gasteiger partial charge is 0.240 e. The Bertz CT molecular complexity index is 670. The number of hydrogen-bond donors (Lipinski definition) is 2. The fourth-order valence-electron chi connectivity index (χ4n) is 1.46. The van der Waals surface area contributed by atoms with Gasteiger partial charge >= 0.3 is 0 Å². The molecule has 1 aromatic heterocycles. The van der Waals surface area contributed by atoms with E-state index >= 15 is 0 Å². The highest BCUT2D eigenvalue weighted by atomic mass is 32.2. The van der Waals surface area contributed by atoms with Crippen LogP contribution in [0.4, 0.5) is 0 Å². The Labute approximate surface area is 105 Å². The Morgan fingerprint density at radius 3 is 2.83 bits per heavy atom. The molecule has 0 radical (unpaired) electrons. The fourth-order valence-corrected chi connectivity index (χ4v) is 2.53. The van der Waals surface area contributed by atoms with Gasteiger partial charge < -0.3 is 4.98 Å². The number of nitriles is 1. The van der Waals surface area contributed by atoms with Gasteiger partial charge in [0.25, 0.3) is 0 Å². The normalized spacial score (nSPS) is 11.1. The molecule has 0 unspecified atom stereocenters. The van der Waals surface area contributed by atoms with E-state index < -0.39 is 10.0 Å². The molecule has 0 spiro atoms. The second-order valence-corrected chi connectivity index (χ2v) is 5.45. The number of nitrogens with one attached hydrogen (secondary N) is 2. The minimum absolute atomic E-state index is 0.0945. The van der Waals surface area contributed by atoms with Crippen LogP contribution in [0.2, 0.25) is 0 Å². The lowest BCUT2D eigenvalue weighted by Gasteiger charge is -2.05. The van der Waals surface area contributed by atoms with Crippen LogP contribution in [-0.2, 0) is 16.6 Å². The van der Waals surface area contributed by atoms with E-state index in [0.29, 0.717) is 5.56 Å². The molecule has 0 amide bonds. The van der Waals surface area contributed by atoms with Crippen LogP contribution in [0.3, 0.4) is 0 Å². The Morgan fingerprint density at radius 2 is 2.17 bits per heavy atom. The van der Waals surface area contributed by atoms with E-state index in [2.05, 4.69) is 9.71 Å². The van der Waals surface area contributed by atoms with Gasteiger partial charge in [-0.15, -0.1) is 0 Å². The van der Waals surface area contributed by atoms with Crippen molar-refractivity contribution < 1.29 is 8.42 Å². The third-order valence-corrected chi connectivity index (χ3v) is 3.80. The Hall–Kier alpha value is -2.10. The number of aromatic nitrogens is 1. The van der Waals surface area contributed by atoms with Gasteiger partial charge in [-0.1, -0.05) is 6.07 Å². The summed E-state index contributed by atoms with van der Waals surface area (Å²) in [7, 11) is -3.58. The number of aromatic amines is 1. The molecule has 0 bridgehead atoms. The SMILES string of the molecule is N#Cc1cccc(S(=O)(=O)NCc2cc[nH]c2)c1. The van der Waals surface area contributed by atoms with Crippen molar-refractivity contribution in [2.24, 2.45) is 0 Å². The third kappa shape index (κ3) is 2.77. The highest BCUT2D eigenvalue weighted by molar-refractivity contribution is 7.89. The standard InChI is InChI=1S/C12H11N3O2S/c13-7-10-2-1-3-12(6-10)18(16,17)15-9-11-4-5-14-8-11/h1-6,8,14-15H,9H2. The van der Waals surface area contributed by atoms with Gasteiger partial charge in [-0.2, -0.15) is 5.26 Å². The van der Waals surface area contributed by atoms with Gasteiger partial charge in [0.1, 0.15) is 0 Å². The summed E-state index contributed by atoms with van der Waals surface area (Å²) in [5.74, 6) is 0. The summed E-state index contributed by atoms with van der Waals surface area (Å²) in [5.41, 5.74) is 1.16. The van der Waals surface area contributed by atoms with Crippen molar-refractivity contribution in [1.82, 2.24) is 9.71 Å². The van der Waals surface area contributed by atoms with Crippen LogP contribution in [0.1, 0.15) is 11.1 Å². The van der Waals surface area contributed by atoms with E-state index in [1.807, 2.05) is 6.07 Å². The molecular weight excluding hydrogens is 250 g/mol. The van der Waals surface area contributed by atoms with Crippen LogP contribution < -0.4 is 4.72 Å². The lowest BCUT2D eigenvalue weighted by atomic mass is 10.2. The predicted molar refractivity (Wildman–Crippen MR) is 66.0 cm³/mol.